The molecule has 490 valence electrons. The van der Waals surface area contributed by atoms with Crippen LogP contribution in [0.3, 0.4) is 0 Å². The van der Waals surface area contributed by atoms with Gasteiger partial charge in [0.25, 0.3) is 0 Å². The third-order valence-electron chi connectivity index (χ3n) is 16.6. The molecule has 4 amide bonds. The van der Waals surface area contributed by atoms with Crippen molar-refractivity contribution < 1.29 is 57.3 Å². The predicted octanol–water partition coefficient (Wildman–Crippen LogP) is 10.1. The van der Waals surface area contributed by atoms with Crippen LogP contribution in [0.2, 0.25) is 0 Å². The Labute approximate surface area is 527 Å². The van der Waals surface area contributed by atoms with Crippen LogP contribution in [0.5, 0.6) is 0 Å². The fourth-order valence-electron chi connectivity index (χ4n) is 11.2. The Kier molecular flexibility index (Phi) is 31.0. The van der Waals surface area contributed by atoms with E-state index >= 15 is 0 Å². The van der Waals surface area contributed by atoms with Gasteiger partial charge in [0, 0.05) is 87.4 Å². The van der Waals surface area contributed by atoms with Crippen LogP contribution in [0, 0.1) is 5.41 Å². The molecule has 6 rings (SSSR count). The lowest BCUT2D eigenvalue weighted by Gasteiger charge is -2.40. The standard InChI is InChI=1S/C36H57N3O6.C20H27NO3.C8H15NO2.C6H9NO/c1-9-29(39-18-12-16-31(39)41)24-36(6,33(43)45-21-19-37(7)8)26-35(4,5)28-14-10-13-27(23-28)34(2,3)25-32(42)44-22-20-38-17-11-15-30(38)40;1-15(2)16-7-5-8-17(13-16)20(3,4)14-19(23)24-12-11-21-10-6-9-18(21)22;1-7(2)8(10)11-6-5-9(3)4;1-2-7-5-3-4-6(7)8/h10,13-14,23,29H,9,11-12,15-22,24-26H2,1-8H3;5,7-8,13H,1,6,9-12,14H2,2-4H3;1,5-6H2,2-4H3;2H,1,3-5H2. The highest BCUT2D eigenvalue weighted by Crippen LogP contribution is 2.43. The fraction of sp³-hybridized carbons (Fsp3) is 0.629. The van der Waals surface area contributed by atoms with Gasteiger partial charge in [-0.1, -0.05) is 122 Å². The molecule has 88 heavy (non-hydrogen) atoms. The average molecular weight is 1230 g/mol. The van der Waals surface area contributed by atoms with Gasteiger partial charge in [-0.2, -0.15) is 0 Å². The molecule has 0 radical (unpaired) electrons. The molecule has 2 aromatic rings. The SMILES string of the molecule is C=C(C)C(=O)OCCN(C)C.C=C(C)c1cccc(C(C)(C)CC(=O)OCCN2CCCC2=O)c1.C=CN1CCCC1=O.CCC(CC(C)(CC(C)(C)c1cccc(C(C)(C)CC(=O)OCCN2CCCC2=O)c1)C(=O)OCCN(C)C)N1CCCC1=O. The van der Waals surface area contributed by atoms with Crippen LogP contribution in [0.25, 0.3) is 5.57 Å². The van der Waals surface area contributed by atoms with Gasteiger partial charge in [-0.25, -0.2) is 4.79 Å². The van der Waals surface area contributed by atoms with Gasteiger partial charge in [-0.05, 0) is 128 Å². The molecule has 2 unspecified atom stereocenters. The van der Waals surface area contributed by atoms with Gasteiger partial charge in [-0.3, -0.25) is 33.6 Å². The Morgan fingerprint density at radius 3 is 1.45 bits per heavy atom. The molecule has 4 fully saturated rings. The lowest BCUT2D eigenvalue weighted by molar-refractivity contribution is -0.158. The predicted molar refractivity (Wildman–Crippen MR) is 347 cm³/mol. The number of carbonyl (C=O) groups excluding carboxylic acids is 8. The summed E-state index contributed by atoms with van der Waals surface area (Å²) < 4.78 is 21.6. The third kappa shape index (κ3) is 25.4. The van der Waals surface area contributed by atoms with E-state index < -0.39 is 16.2 Å². The number of benzene rings is 2. The second-order valence-electron chi connectivity index (χ2n) is 26.6. The second kappa shape index (κ2) is 36.1. The van der Waals surface area contributed by atoms with Crippen LogP contribution >= 0.6 is 0 Å². The number of hydrogen-bond acceptors (Lipinski definition) is 14. The van der Waals surface area contributed by atoms with Crippen LogP contribution in [-0.2, 0) is 73.5 Å². The van der Waals surface area contributed by atoms with Gasteiger partial charge in [0.15, 0.2) is 0 Å². The fourth-order valence-corrected chi connectivity index (χ4v) is 11.2. The zero-order chi connectivity index (χ0) is 66.0. The largest absolute Gasteiger partial charge is 0.464 e. The zero-order valence-corrected chi connectivity index (χ0v) is 56.2. The Morgan fingerprint density at radius 1 is 0.591 bits per heavy atom. The van der Waals surface area contributed by atoms with Crippen LogP contribution in [0.4, 0.5) is 0 Å². The summed E-state index contributed by atoms with van der Waals surface area (Å²) in [6, 6.07) is 16.4. The molecule has 4 aliphatic rings. The van der Waals surface area contributed by atoms with Crippen LogP contribution < -0.4 is 0 Å². The molecule has 18 heteroatoms. The molecule has 18 nitrogen and oxygen atoms in total. The summed E-state index contributed by atoms with van der Waals surface area (Å²) in [4.78, 5) is 107. The van der Waals surface area contributed by atoms with Gasteiger partial charge in [0.05, 0.1) is 31.3 Å². The molecule has 0 bridgehead atoms. The molecular weight excluding hydrogens is 1120 g/mol. The van der Waals surface area contributed by atoms with Crippen molar-refractivity contribution in [3.8, 4) is 0 Å². The van der Waals surface area contributed by atoms with Crippen molar-refractivity contribution in [3.63, 3.8) is 0 Å². The molecule has 0 saturated carbocycles. The van der Waals surface area contributed by atoms with Gasteiger partial charge in [0.2, 0.25) is 23.6 Å². The van der Waals surface area contributed by atoms with Crippen molar-refractivity contribution >= 4 is 53.1 Å². The van der Waals surface area contributed by atoms with Crippen molar-refractivity contribution in [2.24, 2.45) is 5.41 Å². The number of amides is 4. The van der Waals surface area contributed by atoms with Crippen molar-refractivity contribution in [2.75, 3.05) is 107 Å². The van der Waals surface area contributed by atoms with Crippen molar-refractivity contribution in [1.29, 1.82) is 0 Å². The molecule has 2 aromatic carbocycles. The first-order valence-corrected chi connectivity index (χ1v) is 31.5. The topological polar surface area (TPSA) is 193 Å². The number of likely N-dealkylation sites (N-methyl/N-ethyl adjacent to an activating group) is 2. The van der Waals surface area contributed by atoms with Crippen LogP contribution in [-0.4, -0.2) is 190 Å². The van der Waals surface area contributed by atoms with E-state index in [9.17, 15) is 38.4 Å². The summed E-state index contributed by atoms with van der Waals surface area (Å²) in [5.74, 6) is -0.396. The number of hydrogen-bond donors (Lipinski definition) is 0. The highest BCUT2D eigenvalue weighted by atomic mass is 16.5. The molecule has 2 atom stereocenters. The third-order valence-corrected chi connectivity index (χ3v) is 16.6. The minimum absolute atomic E-state index is 0.0259. The average Bonchev–Trinajstić information content (AvgIpc) is 1.05. The number of carbonyl (C=O) groups is 8. The quantitative estimate of drug-likeness (QED) is 0.0424. The number of nitrogens with zero attached hydrogens (tertiary/aromatic N) is 6. The molecule has 4 heterocycles. The number of likely N-dealkylation sites (tertiary alicyclic amines) is 4. The van der Waals surface area contributed by atoms with E-state index in [0.717, 1.165) is 92.7 Å². The van der Waals surface area contributed by atoms with E-state index in [4.69, 9.17) is 18.9 Å². The maximum Gasteiger partial charge on any atom is 0.333 e. The number of allylic oxidation sites excluding steroid dienone is 1. The van der Waals surface area contributed by atoms with E-state index in [1.807, 2.05) is 115 Å². The summed E-state index contributed by atoms with van der Waals surface area (Å²) in [5, 5.41) is 0. The van der Waals surface area contributed by atoms with Crippen molar-refractivity contribution in [2.45, 2.75) is 175 Å². The molecule has 0 N–H and O–H groups in total. The van der Waals surface area contributed by atoms with Crippen LogP contribution in [0.1, 0.15) is 175 Å². The maximum absolute atomic E-state index is 13.8. The smallest absolute Gasteiger partial charge is 0.333 e. The summed E-state index contributed by atoms with van der Waals surface area (Å²) in [6.07, 6.45) is 10.0. The number of rotatable bonds is 29. The first-order valence-electron chi connectivity index (χ1n) is 31.5. The maximum atomic E-state index is 13.8. The number of ether oxygens (including phenoxy) is 4. The van der Waals surface area contributed by atoms with Crippen LogP contribution in [0.15, 0.2) is 80.0 Å². The van der Waals surface area contributed by atoms with Gasteiger partial charge in [0.1, 0.15) is 26.4 Å². The Balaban J connectivity index is 0.000000386. The molecule has 0 spiro atoms. The summed E-state index contributed by atoms with van der Waals surface area (Å²) in [7, 11) is 7.75. The highest BCUT2D eigenvalue weighted by Gasteiger charge is 2.44. The molecule has 0 aliphatic carbocycles. The Bertz CT molecular complexity index is 2700. The van der Waals surface area contributed by atoms with E-state index in [0.29, 0.717) is 83.4 Å². The normalized spacial score (nSPS) is 16.2. The summed E-state index contributed by atoms with van der Waals surface area (Å²) in [5.41, 5.74) is 3.71. The highest BCUT2D eigenvalue weighted by molar-refractivity contribution is 5.87. The molecule has 4 aliphatic heterocycles. The van der Waals surface area contributed by atoms with E-state index in [1.165, 1.54) is 0 Å². The lowest BCUT2D eigenvalue weighted by atomic mass is 9.67. The first kappa shape index (κ1) is 75.6. The van der Waals surface area contributed by atoms with E-state index in [2.05, 4.69) is 58.7 Å². The minimum atomic E-state index is -0.814. The van der Waals surface area contributed by atoms with Gasteiger partial charge in [-0.15, -0.1) is 0 Å². The Hall–Kier alpha value is -6.66. The lowest BCUT2D eigenvalue weighted by Crippen LogP contribution is -2.45. The monoisotopic (exact) mass is 1220 g/mol. The van der Waals surface area contributed by atoms with Crippen molar-refractivity contribution in [1.82, 2.24) is 29.4 Å². The summed E-state index contributed by atoms with van der Waals surface area (Å²) in [6.45, 7) is 37.7. The summed E-state index contributed by atoms with van der Waals surface area (Å²) >= 11 is 0. The zero-order valence-electron chi connectivity index (χ0n) is 56.2. The van der Waals surface area contributed by atoms with Gasteiger partial charge < -0.3 is 48.3 Å². The van der Waals surface area contributed by atoms with Crippen molar-refractivity contribution in [3.05, 3.63) is 102 Å². The Morgan fingerprint density at radius 2 is 1.05 bits per heavy atom. The molecular formula is C70H108N6O12. The van der Waals surface area contributed by atoms with E-state index in [1.54, 1.807) is 27.8 Å². The van der Waals surface area contributed by atoms with E-state index in [-0.39, 0.29) is 78.6 Å². The van der Waals surface area contributed by atoms with Gasteiger partial charge >= 0.3 is 23.9 Å². The molecule has 4 saturated heterocycles. The number of esters is 4. The second-order valence-corrected chi connectivity index (χ2v) is 26.6. The first-order chi connectivity index (χ1) is 41.2. The molecule has 0 aromatic heterocycles. The minimum Gasteiger partial charge on any atom is -0.464 e.